The molecular formula is C12H10BrF3N2OS. The number of ether oxygens (including phenoxy) is 1. The van der Waals surface area contributed by atoms with Crippen LogP contribution in [0, 0.1) is 0 Å². The lowest BCUT2D eigenvalue weighted by atomic mass is 10.2. The molecule has 0 bridgehead atoms. The molecule has 2 aromatic rings. The number of alkyl halides is 3. The Morgan fingerprint density at radius 2 is 2.10 bits per heavy atom. The van der Waals surface area contributed by atoms with Gasteiger partial charge < -0.3 is 10.1 Å². The van der Waals surface area contributed by atoms with Gasteiger partial charge in [-0.15, -0.1) is 24.5 Å². The van der Waals surface area contributed by atoms with E-state index in [9.17, 15) is 13.2 Å². The molecule has 0 radical (unpaired) electrons. The number of hydrogen-bond acceptors (Lipinski definition) is 4. The van der Waals surface area contributed by atoms with Crippen LogP contribution < -0.4 is 10.1 Å². The monoisotopic (exact) mass is 366 g/mol. The van der Waals surface area contributed by atoms with E-state index < -0.39 is 6.36 Å². The average Bonchev–Trinajstić information content (AvgIpc) is 2.84. The molecule has 1 N–H and O–H groups in total. The zero-order valence-corrected chi connectivity index (χ0v) is 12.5. The molecule has 0 aliphatic rings. The standard InChI is InChI=1S/C12H10BrF3N2OS/c13-10-3-8(1-2-11(10)19-12(14,15)16)4-17-5-9-6-18-7-20-9/h1-3,6-7,17H,4-5H2. The third-order valence-electron chi connectivity index (χ3n) is 2.33. The molecule has 0 amide bonds. The molecule has 1 aromatic heterocycles. The van der Waals surface area contributed by atoms with Crippen LogP contribution in [0.3, 0.4) is 0 Å². The number of rotatable bonds is 5. The second kappa shape index (κ2) is 6.55. The lowest BCUT2D eigenvalue weighted by Crippen LogP contribution is -2.17. The van der Waals surface area contributed by atoms with Crippen molar-refractivity contribution in [3.8, 4) is 5.75 Å². The van der Waals surface area contributed by atoms with Gasteiger partial charge in [0.15, 0.2) is 0 Å². The molecule has 0 fully saturated rings. The van der Waals surface area contributed by atoms with Gasteiger partial charge in [-0.25, -0.2) is 0 Å². The molecular weight excluding hydrogens is 357 g/mol. The highest BCUT2D eigenvalue weighted by Gasteiger charge is 2.31. The fraction of sp³-hybridized carbons (Fsp3) is 0.250. The summed E-state index contributed by atoms with van der Waals surface area (Å²) in [5, 5.41) is 3.19. The predicted molar refractivity (Wildman–Crippen MR) is 73.5 cm³/mol. The summed E-state index contributed by atoms with van der Waals surface area (Å²) in [7, 11) is 0. The summed E-state index contributed by atoms with van der Waals surface area (Å²) in [5.41, 5.74) is 2.60. The first-order chi connectivity index (χ1) is 9.44. The molecule has 0 atom stereocenters. The van der Waals surface area contributed by atoms with Crippen molar-refractivity contribution >= 4 is 27.3 Å². The van der Waals surface area contributed by atoms with E-state index in [2.05, 4.69) is 31.0 Å². The van der Waals surface area contributed by atoms with E-state index in [1.165, 1.54) is 6.07 Å². The second-order valence-corrected chi connectivity index (χ2v) is 5.71. The Morgan fingerprint density at radius 3 is 2.70 bits per heavy atom. The Labute approximate surface area is 125 Å². The number of hydrogen-bond donors (Lipinski definition) is 1. The molecule has 8 heteroatoms. The average molecular weight is 367 g/mol. The van der Waals surface area contributed by atoms with Crippen molar-refractivity contribution in [2.24, 2.45) is 0 Å². The molecule has 0 unspecified atom stereocenters. The molecule has 108 valence electrons. The maximum absolute atomic E-state index is 12.1. The van der Waals surface area contributed by atoms with Gasteiger partial charge in [0.2, 0.25) is 0 Å². The van der Waals surface area contributed by atoms with Crippen molar-refractivity contribution < 1.29 is 17.9 Å². The van der Waals surface area contributed by atoms with Gasteiger partial charge in [-0.05, 0) is 33.6 Å². The number of thiazole rings is 1. The molecule has 0 saturated carbocycles. The summed E-state index contributed by atoms with van der Waals surface area (Å²) in [4.78, 5) is 5.05. The number of benzene rings is 1. The van der Waals surface area contributed by atoms with E-state index in [1.54, 1.807) is 35.2 Å². The minimum absolute atomic E-state index is 0.247. The number of halogens is 4. The van der Waals surface area contributed by atoms with E-state index in [0.29, 0.717) is 13.1 Å². The highest BCUT2D eigenvalue weighted by molar-refractivity contribution is 9.10. The van der Waals surface area contributed by atoms with Crippen LogP contribution in [-0.2, 0) is 13.1 Å². The molecule has 0 aliphatic heterocycles. The van der Waals surface area contributed by atoms with E-state index in [0.717, 1.165) is 10.4 Å². The zero-order chi connectivity index (χ0) is 14.6. The van der Waals surface area contributed by atoms with Crippen molar-refractivity contribution in [1.29, 1.82) is 0 Å². The number of aromatic nitrogens is 1. The topological polar surface area (TPSA) is 34.1 Å². The van der Waals surface area contributed by atoms with Gasteiger partial charge in [0.25, 0.3) is 0 Å². The molecule has 1 heterocycles. The Kier molecular flexibility index (Phi) is 5.00. The summed E-state index contributed by atoms with van der Waals surface area (Å²) in [6.07, 6.45) is -2.91. The van der Waals surface area contributed by atoms with Crippen LogP contribution >= 0.6 is 27.3 Å². The molecule has 0 saturated heterocycles. The number of nitrogens with one attached hydrogen (secondary N) is 1. The van der Waals surface area contributed by atoms with Crippen molar-refractivity contribution in [1.82, 2.24) is 10.3 Å². The summed E-state index contributed by atoms with van der Waals surface area (Å²) in [6, 6.07) is 4.48. The van der Waals surface area contributed by atoms with Gasteiger partial charge >= 0.3 is 6.36 Å². The molecule has 0 spiro atoms. The quantitative estimate of drug-likeness (QED) is 0.864. The third kappa shape index (κ3) is 4.77. The predicted octanol–water partition coefficient (Wildman–Crippen LogP) is 4.09. The highest BCUT2D eigenvalue weighted by atomic mass is 79.9. The van der Waals surface area contributed by atoms with Crippen molar-refractivity contribution in [3.63, 3.8) is 0 Å². The van der Waals surface area contributed by atoms with Crippen LogP contribution in [0.25, 0.3) is 0 Å². The molecule has 0 aliphatic carbocycles. The van der Waals surface area contributed by atoms with Crippen LogP contribution in [0.1, 0.15) is 10.4 Å². The summed E-state index contributed by atoms with van der Waals surface area (Å²) in [5.74, 6) is -0.247. The number of nitrogens with zero attached hydrogens (tertiary/aromatic N) is 1. The second-order valence-electron chi connectivity index (χ2n) is 3.88. The van der Waals surface area contributed by atoms with E-state index >= 15 is 0 Å². The first-order valence-corrected chi connectivity index (χ1v) is 7.23. The minimum Gasteiger partial charge on any atom is -0.405 e. The smallest absolute Gasteiger partial charge is 0.405 e. The van der Waals surface area contributed by atoms with Gasteiger partial charge in [0.1, 0.15) is 5.75 Å². The first-order valence-electron chi connectivity index (χ1n) is 5.56. The van der Waals surface area contributed by atoms with E-state index in [-0.39, 0.29) is 10.2 Å². The first kappa shape index (κ1) is 15.3. The Hall–Kier alpha value is -1.12. The lowest BCUT2D eigenvalue weighted by molar-refractivity contribution is -0.274. The van der Waals surface area contributed by atoms with Gasteiger partial charge in [0, 0.05) is 24.2 Å². The van der Waals surface area contributed by atoms with Crippen molar-refractivity contribution in [3.05, 3.63) is 44.8 Å². The van der Waals surface area contributed by atoms with Gasteiger partial charge in [-0.3, -0.25) is 4.98 Å². The third-order valence-corrected chi connectivity index (χ3v) is 3.73. The maximum atomic E-state index is 12.1. The summed E-state index contributed by atoms with van der Waals surface area (Å²) >= 11 is 4.61. The lowest BCUT2D eigenvalue weighted by Gasteiger charge is -2.11. The fourth-order valence-corrected chi connectivity index (χ4v) is 2.59. The zero-order valence-electron chi connectivity index (χ0n) is 10.1. The Morgan fingerprint density at radius 1 is 1.30 bits per heavy atom. The molecule has 2 rings (SSSR count). The van der Waals surface area contributed by atoms with Crippen LogP contribution in [0.15, 0.2) is 34.4 Å². The van der Waals surface area contributed by atoms with Gasteiger partial charge in [-0.2, -0.15) is 0 Å². The SMILES string of the molecule is FC(F)(F)Oc1ccc(CNCc2cncs2)cc1Br. The fourth-order valence-electron chi connectivity index (χ4n) is 1.52. The molecule has 20 heavy (non-hydrogen) atoms. The van der Waals surface area contributed by atoms with Gasteiger partial charge in [0.05, 0.1) is 9.98 Å². The summed E-state index contributed by atoms with van der Waals surface area (Å²) in [6.45, 7) is 1.21. The van der Waals surface area contributed by atoms with Crippen LogP contribution in [-0.4, -0.2) is 11.3 Å². The van der Waals surface area contributed by atoms with Crippen molar-refractivity contribution in [2.75, 3.05) is 0 Å². The van der Waals surface area contributed by atoms with Crippen LogP contribution in [0.4, 0.5) is 13.2 Å². The summed E-state index contributed by atoms with van der Waals surface area (Å²) < 4.78 is 40.5. The van der Waals surface area contributed by atoms with Gasteiger partial charge in [-0.1, -0.05) is 6.07 Å². The van der Waals surface area contributed by atoms with Crippen LogP contribution in [0.2, 0.25) is 0 Å². The van der Waals surface area contributed by atoms with Crippen molar-refractivity contribution in [2.45, 2.75) is 19.5 Å². The van der Waals surface area contributed by atoms with Crippen LogP contribution in [0.5, 0.6) is 5.75 Å². The Bertz CT molecular complexity index is 560. The highest BCUT2D eigenvalue weighted by Crippen LogP contribution is 2.31. The van der Waals surface area contributed by atoms with E-state index in [1.807, 2.05) is 0 Å². The Balaban J connectivity index is 1.91. The maximum Gasteiger partial charge on any atom is 0.573 e. The normalized spacial score (nSPS) is 11.6. The molecule has 1 aromatic carbocycles. The minimum atomic E-state index is -4.69. The molecule has 3 nitrogen and oxygen atoms in total. The van der Waals surface area contributed by atoms with E-state index in [4.69, 9.17) is 0 Å². The largest absolute Gasteiger partial charge is 0.573 e.